The lowest BCUT2D eigenvalue weighted by Crippen LogP contribution is -2.52. The highest BCUT2D eigenvalue weighted by Crippen LogP contribution is 2.60. The van der Waals surface area contributed by atoms with E-state index in [0.717, 1.165) is 36.2 Å². The maximum absolute atomic E-state index is 13.4. The Kier molecular flexibility index (Phi) is 5.11. The molecular formula is C23H30N4O3S. The predicted molar refractivity (Wildman–Crippen MR) is 117 cm³/mol. The van der Waals surface area contributed by atoms with Crippen LogP contribution in [-0.4, -0.2) is 43.7 Å². The number of hydrogen-bond donors (Lipinski definition) is 0. The minimum Gasteiger partial charge on any atom is -0.454 e. The van der Waals surface area contributed by atoms with Gasteiger partial charge in [0.05, 0.1) is 6.42 Å². The number of aryl methyl sites for hydroxylation is 2. The van der Waals surface area contributed by atoms with Gasteiger partial charge in [-0.25, -0.2) is 9.50 Å². The predicted octanol–water partition coefficient (Wildman–Crippen LogP) is 3.72. The molecule has 0 amide bonds. The molecule has 0 radical (unpaired) electrons. The standard InChI is InChI=1S/C23H30N4O3S/c1-12-18(13(2)27-21(24-12)25-22(26-27)31-4)8-19(28)30-14(3)20(29)23-9-15-5-16(10-23)7-17(6-15)11-23/h14-17H,5-11H2,1-4H3/t14-,15?,16?,17?,23?/m1/s1. The second-order valence-corrected chi connectivity index (χ2v) is 10.7. The van der Waals surface area contributed by atoms with Gasteiger partial charge in [-0.2, -0.15) is 4.98 Å². The van der Waals surface area contributed by atoms with E-state index in [1.807, 2.05) is 20.1 Å². The Hall–Kier alpha value is -1.96. The molecule has 4 saturated carbocycles. The number of fused-ring (bicyclic) bond motifs is 1. The lowest BCUT2D eigenvalue weighted by molar-refractivity contribution is -0.164. The van der Waals surface area contributed by atoms with Gasteiger partial charge >= 0.3 is 5.97 Å². The topological polar surface area (TPSA) is 86.5 Å². The normalized spacial score (nSPS) is 30.0. The van der Waals surface area contributed by atoms with Crippen molar-refractivity contribution in [2.24, 2.45) is 23.2 Å². The number of thioether (sulfide) groups is 1. The number of aromatic nitrogens is 4. The summed E-state index contributed by atoms with van der Waals surface area (Å²) in [5.74, 6) is 2.35. The van der Waals surface area contributed by atoms with Crippen LogP contribution in [0.3, 0.4) is 0 Å². The van der Waals surface area contributed by atoms with Crippen LogP contribution in [0.2, 0.25) is 0 Å². The second kappa shape index (κ2) is 7.57. The lowest BCUT2D eigenvalue weighted by Gasteiger charge is -2.56. The van der Waals surface area contributed by atoms with Crippen LogP contribution in [0.15, 0.2) is 5.16 Å². The summed E-state index contributed by atoms with van der Waals surface area (Å²) < 4.78 is 7.36. The van der Waals surface area contributed by atoms with Crippen molar-refractivity contribution in [3.8, 4) is 0 Å². The summed E-state index contributed by atoms with van der Waals surface area (Å²) in [5.41, 5.74) is 2.09. The van der Waals surface area contributed by atoms with Gasteiger partial charge in [-0.15, -0.1) is 5.10 Å². The Morgan fingerprint density at radius 1 is 1.13 bits per heavy atom. The molecule has 7 nitrogen and oxygen atoms in total. The van der Waals surface area contributed by atoms with Gasteiger partial charge in [0.15, 0.2) is 11.9 Å². The first-order chi connectivity index (χ1) is 14.8. The number of hydrogen-bond acceptors (Lipinski definition) is 7. The van der Waals surface area contributed by atoms with Crippen molar-refractivity contribution in [3.63, 3.8) is 0 Å². The highest BCUT2D eigenvalue weighted by molar-refractivity contribution is 7.98. The Labute approximate surface area is 186 Å². The zero-order valence-corrected chi connectivity index (χ0v) is 19.5. The fraction of sp³-hybridized carbons (Fsp3) is 0.696. The molecule has 6 rings (SSSR count). The number of ether oxygens (including phenoxy) is 1. The summed E-state index contributed by atoms with van der Waals surface area (Å²) in [7, 11) is 0. The second-order valence-electron chi connectivity index (χ2n) is 9.94. The van der Waals surface area contributed by atoms with E-state index in [0.29, 0.717) is 28.7 Å². The first-order valence-electron chi connectivity index (χ1n) is 11.3. The molecule has 0 aliphatic heterocycles. The number of rotatable bonds is 6. The molecule has 8 heteroatoms. The van der Waals surface area contributed by atoms with Gasteiger partial charge in [-0.05, 0) is 83.3 Å². The molecule has 4 aliphatic rings. The van der Waals surface area contributed by atoms with E-state index < -0.39 is 6.10 Å². The van der Waals surface area contributed by atoms with E-state index >= 15 is 0 Å². The van der Waals surface area contributed by atoms with Crippen molar-refractivity contribution in [2.45, 2.75) is 77.0 Å². The smallest absolute Gasteiger partial charge is 0.311 e. The van der Waals surface area contributed by atoms with Gasteiger partial charge in [-0.1, -0.05) is 11.8 Å². The molecule has 166 valence electrons. The van der Waals surface area contributed by atoms with Crippen molar-refractivity contribution in [2.75, 3.05) is 6.26 Å². The van der Waals surface area contributed by atoms with Crippen molar-refractivity contribution < 1.29 is 14.3 Å². The van der Waals surface area contributed by atoms with Gasteiger partial charge in [-0.3, -0.25) is 9.59 Å². The average Bonchev–Trinajstić information content (AvgIpc) is 3.12. The zero-order valence-electron chi connectivity index (χ0n) is 18.7. The molecule has 0 N–H and O–H groups in total. The van der Waals surface area contributed by atoms with E-state index in [4.69, 9.17) is 4.74 Å². The monoisotopic (exact) mass is 442 g/mol. The zero-order chi connectivity index (χ0) is 21.9. The lowest BCUT2D eigenvalue weighted by atomic mass is 9.48. The van der Waals surface area contributed by atoms with Crippen LogP contribution in [-0.2, 0) is 20.7 Å². The first-order valence-corrected chi connectivity index (χ1v) is 12.5. The number of nitrogens with zero attached hydrogens (tertiary/aromatic N) is 4. The van der Waals surface area contributed by atoms with Gasteiger partial charge in [0, 0.05) is 22.4 Å². The molecular weight excluding hydrogens is 412 g/mol. The van der Waals surface area contributed by atoms with Crippen molar-refractivity contribution in [3.05, 3.63) is 17.0 Å². The third-order valence-electron chi connectivity index (χ3n) is 7.77. The summed E-state index contributed by atoms with van der Waals surface area (Å²) in [6, 6.07) is 0. The number of esters is 1. The van der Waals surface area contributed by atoms with Gasteiger partial charge in [0.25, 0.3) is 5.78 Å². The molecule has 2 aromatic rings. The number of carbonyl (C=O) groups is 2. The number of ketones is 1. The molecule has 2 aromatic heterocycles. The van der Waals surface area contributed by atoms with Crippen LogP contribution < -0.4 is 0 Å². The summed E-state index contributed by atoms with van der Waals surface area (Å²) in [4.78, 5) is 35.1. The molecule has 0 unspecified atom stereocenters. The quantitative estimate of drug-likeness (QED) is 0.498. The van der Waals surface area contributed by atoms with Crippen molar-refractivity contribution >= 4 is 29.3 Å². The molecule has 0 saturated heterocycles. The van der Waals surface area contributed by atoms with Crippen LogP contribution in [0.25, 0.3) is 5.78 Å². The summed E-state index contributed by atoms with van der Waals surface area (Å²) in [5, 5.41) is 5.08. The molecule has 2 heterocycles. The molecule has 31 heavy (non-hydrogen) atoms. The van der Waals surface area contributed by atoms with Gasteiger partial charge in [0.2, 0.25) is 5.16 Å². The van der Waals surface area contributed by atoms with E-state index in [1.54, 1.807) is 11.4 Å². The van der Waals surface area contributed by atoms with E-state index in [1.165, 1.54) is 31.0 Å². The average molecular weight is 443 g/mol. The minimum absolute atomic E-state index is 0.0769. The SMILES string of the molecule is CSc1nc2nc(C)c(CC(=O)O[C@H](C)C(=O)C34CC5CC(CC(C5)C3)C4)c(C)n2n1. The minimum atomic E-state index is -0.699. The van der Waals surface area contributed by atoms with Crippen LogP contribution in [0.1, 0.15) is 62.4 Å². The highest BCUT2D eigenvalue weighted by Gasteiger charge is 2.55. The Morgan fingerprint density at radius 2 is 1.74 bits per heavy atom. The molecule has 1 atom stereocenters. The third-order valence-corrected chi connectivity index (χ3v) is 8.31. The van der Waals surface area contributed by atoms with E-state index in [9.17, 15) is 9.59 Å². The van der Waals surface area contributed by atoms with E-state index in [2.05, 4.69) is 15.1 Å². The van der Waals surface area contributed by atoms with Crippen LogP contribution >= 0.6 is 11.8 Å². The number of carbonyl (C=O) groups excluding carboxylic acids is 2. The molecule has 4 aliphatic carbocycles. The molecule has 0 spiro atoms. The van der Waals surface area contributed by atoms with Gasteiger partial charge < -0.3 is 4.74 Å². The summed E-state index contributed by atoms with van der Waals surface area (Å²) in [6.07, 6.45) is 8.12. The van der Waals surface area contributed by atoms with Crippen LogP contribution in [0, 0.1) is 37.0 Å². The van der Waals surface area contributed by atoms with Crippen LogP contribution in [0.4, 0.5) is 0 Å². The maximum Gasteiger partial charge on any atom is 0.311 e. The van der Waals surface area contributed by atoms with E-state index in [-0.39, 0.29) is 23.6 Å². The first kappa shape index (κ1) is 20.9. The summed E-state index contributed by atoms with van der Waals surface area (Å²) in [6.45, 7) is 5.53. The summed E-state index contributed by atoms with van der Waals surface area (Å²) >= 11 is 1.45. The van der Waals surface area contributed by atoms with Crippen molar-refractivity contribution in [1.29, 1.82) is 0 Å². The fourth-order valence-electron chi connectivity index (χ4n) is 6.81. The third kappa shape index (κ3) is 3.56. The number of Topliss-reactive ketones (excluding diaryl/α,β-unsaturated/α-hetero) is 1. The Balaban J connectivity index is 1.30. The van der Waals surface area contributed by atoms with Gasteiger partial charge in [0.1, 0.15) is 0 Å². The molecule has 0 aromatic carbocycles. The highest BCUT2D eigenvalue weighted by atomic mass is 32.2. The maximum atomic E-state index is 13.4. The Morgan fingerprint density at radius 3 is 2.32 bits per heavy atom. The van der Waals surface area contributed by atoms with Crippen molar-refractivity contribution in [1.82, 2.24) is 19.6 Å². The molecule has 4 bridgehead atoms. The molecule has 4 fully saturated rings. The fourth-order valence-corrected chi connectivity index (χ4v) is 7.15. The Bertz CT molecular complexity index is 1030. The van der Waals surface area contributed by atoms with Crippen LogP contribution in [0.5, 0.6) is 0 Å². The largest absolute Gasteiger partial charge is 0.454 e.